The summed E-state index contributed by atoms with van der Waals surface area (Å²) in [5.41, 5.74) is 5.38. The second-order valence-electron chi connectivity index (χ2n) is 7.40. The molecule has 4 rings (SSSR count). The molecule has 0 fully saturated rings. The molecule has 4 heteroatoms. The van der Waals surface area contributed by atoms with Crippen molar-refractivity contribution in [2.45, 2.75) is 33.6 Å². The van der Waals surface area contributed by atoms with Crippen LogP contribution in [0.1, 0.15) is 32.3 Å². The highest BCUT2D eigenvalue weighted by Crippen LogP contribution is 2.26. The van der Waals surface area contributed by atoms with Gasteiger partial charge in [0, 0.05) is 17.0 Å². The maximum absolute atomic E-state index is 12.6. The van der Waals surface area contributed by atoms with E-state index in [1.54, 1.807) is 11.3 Å². The van der Waals surface area contributed by atoms with E-state index in [4.69, 9.17) is 4.98 Å². The minimum Gasteiger partial charge on any atom is -0.326 e. The fraction of sp³-hybridized carbons (Fsp3) is 0.200. The average Bonchev–Trinajstić information content (AvgIpc) is 3.04. The Kier molecular flexibility index (Phi) is 5.45. The number of aromatic nitrogens is 1. The number of thiazole rings is 1. The lowest BCUT2D eigenvalue weighted by atomic mass is 10.0. The molecule has 1 heterocycles. The van der Waals surface area contributed by atoms with E-state index in [2.05, 4.69) is 60.8 Å². The highest BCUT2D eigenvalue weighted by atomic mass is 32.1. The highest BCUT2D eigenvalue weighted by molar-refractivity contribution is 7.11. The summed E-state index contributed by atoms with van der Waals surface area (Å²) in [5, 5.41) is 6.60. The van der Waals surface area contributed by atoms with Gasteiger partial charge in [-0.2, -0.15) is 0 Å². The lowest BCUT2D eigenvalue weighted by molar-refractivity contribution is -0.115. The number of benzene rings is 3. The van der Waals surface area contributed by atoms with E-state index >= 15 is 0 Å². The molecule has 0 spiro atoms. The van der Waals surface area contributed by atoms with Crippen LogP contribution in [-0.2, 0) is 17.6 Å². The molecule has 1 aromatic heterocycles. The first-order chi connectivity index (χ1) is 14.0. The van der Waals surface area contributed by atoms with Crippen LogP contribution in [-0.4, -0.2) is 10.9 Å². The molecule has 3 aromatic carbocycles. The topological polar surface area (TPSA) is 42.0 Å². The number of carbonyl (C=O) groups is 1. The standard InChI is InChI=1S/C25H24N2OS/c1-16-8-6-13-22(17(16)2)27-24(28)15-23-18(3)26-25(29-23)14-20-11-7-10-19-9-4-5-12-21(19)20/h4-13H,14-15H2,1-3H3,(H,27,28). The quantitative estimate of drug-likeness (QED) is 0.447. The van der Waals surface area contributed by atoms with E-state index in [9.17, 15) is 4.79 Å². The van der Waals surface area contributed by atoms with Gasteiger partial charge in [0.2, 0.25) is 5.91 Å². The van der Waals surface area contributed by atoms with Crippen LogP contribution >= 0.6 is 11.3 Å². The molecule has 146 valence electrons. The molecule has 0 atom stereocenters. The Morgan fingerprint density at radius 3 is 2.59 bits per heavy atom. The molecule has 3 nitrogen and oxygen atoms in total. The fourth-order valence-electron chi connectivity index (χ4n) is 3.56. The van der Waals surface area contributed by atoms with Crippen LogP contribution < -0.4 is 5.32 Å². The first-order valence-corrected chi connectivity index (χ1v) is 10.6. The van der Waals surface area contributed by atoms with Crippen molar-refractivity contribution in [3.63, 3.8) is 0 Å². The van der Waals surface area contributed by atoms with Gasteiger partial charge in [-0.15, -0.1) is 11.3 Å². The van der Waals surface area contributed by atoms with E-state index in [1.807, 2.05) is 26.0 Å². The number of hydrogen-bond acceptors (Lipinski definition) is 3. The van der Waals surface area contributed by atoms with Crippen molar-refractivity contribution in [2.75, 3.05) is 5.32 Å². The van der Waals surface area contributed by atoms with E-state index in [-0.39, 0.29) is 5.91 Å². The Morgan fingerprint density at radius 2 is 1.72 bits per heavy atom. The average molecular weight is 401 g/mol. The number of nitrogens with zero attached hydrogens (tertiary/aromatic N) is 1. The highest BCUT2D eigenvalue weighted by Gasteiger charge is 2.14. The van der Waals surface area contributed by atoms with Crippen molar-refractivity contribution < 1.29 is 4.79 Å². The third-order valence-corrected chi connectivity index (χ3v) is 6.52. The Morgan fingerprint density at radius 1 is 0.966 bits per heavy atom. The van der Waals surface area contributed by atoms with E-state index in [0.717, 1.165) is 33.3 Å². The number of anilines is 1. The number of carbonyl (C=O) groups excluding carboxylic acids is 1. The second kappa shape index (κ2) is 8.18. The van der Waals surface area contributed by atoms with Gasteiger partial charge in [0.05, 0.1) is 17.1 Å². The first kappa shape index (κ1) is 19.3. The predicted octanol–water partition coefficient (Wildman–Crippen LogP) is 5.99. The van der Waals surface area contributed by atoms with Crippen LogP contribution in [0.2, 0.25) is 0 Å². The number of amides is 1. The Hall–Kier alpha value is -2.98. The van der Waals surface area contributed by atoms with Gasteiger partial charge in [-0.05, 0) is 54.3 Å². The second-order valence-corrected chi connectivity index (χ2v) is 8.57. The van der Waals surface area contributed by atoms with Crippen molar-refractivity contribution >= 4 is 33.7 Å². The zero-order valence-electron chi connectivity index (χ0n) is 17.0. The zero-order chi connectivity index (χ0) is 20.4. The maximum atomic E-state index is 12.6. The van der Waals surface area contributed by atoms with Crippen LogP contribution in [0.25, 0.3) is 10.8 Å². The Bertz CT molecular complexity index is 1190. The predicted molar refractivity (Wildman–Crippen MR) is 122 cm³/mol. The van der Waals surface area contributed by atoms with Crippen molar-refractivity contribution in [1.29, 1.82) is 0 Å². The minimum absolute atomic E-state index is 0.00200. The fourth-order valence-corrected chi connectivity index (χ4v) is 4.66. The van der Waals surface area contributed by atoms with Crippen LogP contribution in [0.5, 0.6) is 0 Å². The molecule has 0 saturated carbocycles. The van der Waals surface area contributed by atoms with E-state index < -0.39 is 0 Å². The molecule has 0 radical (unpaired) electrons. The molecule has 0 unspecified atom stereocenters. The molecule has 0 aliphatic carbocycles. The smallest absolute Gasteiger partial charge is 0.229 e. The zero-order valence-corrected chi connectivity index (χ0v) is 17.8. The van der Waals surface area contributed by atoms with Crippen molar-refractivity contribution in [3.05, 3.63) is 92.9 Å². The number of fused-ring (bicyclic) bond motifs is 1. The van der Waals surface area contributed by atoms with E-state index in [1.165, 1.54) is 21.9 Å². The molecule has 4 aromatic rings. The molecule has 0 bridgehead atoms. The number of rotatable bonds is 5. The molecule has 1 amide bonds. The molecule has 0 aliphatic rings. The van der Waals surface area contributed by atoms with Gasteiger partial charge >= 0.3 is 0 Å². The van der Waals surface area contributed by atoms with Gasteiger partial charge in [-0.1, -0.05) is 54.6 Å². The van der Waals surface area contributed by atoms with Gasteiger partial charge in [0.15, 0.2) is 0 Å². The normalized spacial score (nSPS) is 11.0. The Balaban J connectivity index is 1.50. The van der Waals surface area contributed by atoms with Crippen LogP contribution in [0, 0.1) is 20.8 Å². The van der Waals surface area contributed by atoms with Crippen molar-refractivity contribution in [3.8, 4) is 0 Å². The van der Waals surface area contributed by atoms with Gasteiger partial charge in [0.1, 0.15) is 0 Å². The molecule has 0 aliphatic heterocycles. The van der Waals surface area contributed by atoms with Gasteiger partial charge in [-0.3, -0.25) is 4.79 Å². The molecule has 0 saturated heterocycles. The van der Waals surface area contributed by atoms with Crippen molar-refractivity contribution in [1.82, 2.24) is 4.98 Å². The van der Waals surface area contributed by atoms with Crippen molar-refractivity contribution in [2.24, 2.45) is 0 Å². The van der Waals surface area contributed by atoms with Crippen LogP contribution in [0.3, 0.4) is 0 Å². The summed E-state index contributed by atoms with van der Waals surface area (Å²) in [5.74, 6) is 0.00200. The summed E-state index contributed by atoms with van der Waals surface area (Å²) in [4.78, 5) is 18.4. The largest absolute Gasteiger partial charge is 0.326 e. The lowest BCUT2D eigenvalue weighted by Gasteiger charge is -2.10. The molecule has 29 heavy (non-hydrogen) atoms. The third kappa shape index (κ3) is 4.22. The summed E-state index contributed by atoms with van der Waals surface area (Å²) in [6.07, 6.45) is 1.14. The van der Waals surface area contributed by atoms with Crippen LogP contribution in [0.15, 0.2) is 60.7 Å². The third-order valence-electron chi connectivity index (χ3n) is 5.36. The minimum atomic E-state index is 0.00200. The monoisotopic (exact) mass is 400 g/mol. The summed E-state index contributed by atoms with van der Waals surface area (Å²) >= 11 is 1.64. The van der Waals surface area contributed by atoms with E-state index in [0.29, 0.717) is 6.42 Å². The molecular formula is C25H24N2OS. The first-order valence-electron chi connectivity index (χ1n) is 9.79. The number of aryl methyl sites for hydroxylation is 2. The molecular weight excluding hydrogens is 376 g/mol. The van der Waals surface area contributed by atoms with Gasteiger partial charge in [0.25, 0.3) is 0 Å². The summed E-state index contributed by atoms with van der Waals surface area (Å²) in [6, 6.07) is 20.8. The number of nitrogens with one attached hydrogen (secondary N) is 1. The van der Waals surface area contributed by atoms with Crippen LogP contribution in [0.4, 0.5) is 5.69 Å². The number of hydrogen-bond donors (Lipinski definition) is 1. The Labute approximate surface area is 175 Å². The SMILES string of the molecule is Cc1cccc(NC(=O)Cc2sc(Cc3cccc4ccccc34)nc2C)c1C. The summed E-state index contributed by atoms with van der Waals surface area (Å²) in [7, 11) is 0. The summed E-state index contributed by atoms with van der Waals surface area (Å²) < 4.78 is 0. The summed E-state index contributed by atoms with van der Waals surface area (Å²) in [6.45, 7) is 6.08. The van der Waals surface area contributed by atoms with Gasteiger partial charge < -0.3 is 5.32 Å². The van der Waals surface area contributed by atoms with Gasteiger partial charge in [-0.25, -0.2) is 4.98 Å². The molecule has 1 N–H and O–H groups in total. The maximum Gasteiger partial charge on any atom is 0.229 e. The lowest BCUT2D eigenvalue weighted by Crippen LogP contribution is -2.15.